The Balaban J connectivity index is 2.21. The van der Waals surface area contributed by atoms with Gasteiger partial charge in [-0.25, -0.2) is 14.6 Å². The molecule has 0 fully saturated rings. The molecule has 0 radical (unpaired) electrons. The van der Waals surface area contributed by atoms with Crippen molar-refractivity contribution in [1.29, 1.82) is 0 Å². The lowest BCUT2D eigenvalue weighted by Crippen LogP contribution is -1.99. The summed E-state index contributed by atoms with van der Waals surface area (Å²) < 4.78 is 2.83. The van der Waals surface area contributed by atoms with E-state index in [0.29, 0.717) is 0 Å². The van der Waals surface area contributed by atoms with Crippen molar-refractivity contribution in [3.63, 3.8) is 0 Å². The summed E-state index contributed by atoms with van der Waals surface area (Å²) in [6.07, 6.45) is 3.30. The Kier molecular flexibility index (Phi) is 2.71. The molecule has 3 rings (SSSR count). The highest BCUT2D eigenvalue weighted by Gasteiger charge is 2.09. The van der Waals surface area contributed by atoms with E-state index >= 15 is 0 Å². The standard InChI is InChI=1S/C12H10BrN5/c1-14-11-10-6-17-18(12(10)16-7-15-11)9-4-2-8(13)3-5-9/h2-7H,1H3,(H,14,15,16). The summed E-state index contributed by atoms with van der Waals surface area (Å²) in [6, 6.07) is 7.92. The molecule has 0 unspecified atom stereocenters. The van der Waals surface area contributed by atoms with E-state index in [1.165, 1.54) is 6.33 Å². The predicted octanol–water partition coefficient (Wildman–Crippen LogP) is 2.62. The number of anilines is 1. The molecule has 0 aliphatic rings. The minimum absolute atomic E-state index is 0.781. The number of fused-ring (bicyclic) bond motifs is 1. The van der Waals surface area contributed by atoms with Gasteiger partial charge >= 0.3 is 0 Å². The highest BCUT2D eigenvalue weighted by atomic mass is 79.9. The van der Waals surface area contributed by atoms with Crippen LogP contribution in [0.2, 0.25) is 0 Å². The van der Waals surface area contributed by atoms with Crippen LogP contribution in [0.5, 0.6) is 0 Å². The average Bonchev–Trinajstić information content (AvgIpc) is 2.83. The molecule has 2 heterocycles. The van der Waals surface area contributed by atoms with Crippen LogP contribution in [0.25, 0.3) is 16.7 Å². The second-order valence-electron chi connectivity index (χ2n) is 3.74. The monoisotopic (exact) mass is 303 g/mol. The molecule has 1 aromatic carbocycles. The van der Waals surface area contributed by atoms with Crippen LogP contribution in [0, 0.1) is 0 Å². The van der Waals surface area contributed by atoms with E-state index in [0.717, 1.165) is 27.0 Å². The number of nitrogens with one attached hydrogen (secondary N) is 1. The minimum Gasteiger partial charge on any atom is -0.372 e. The number of aromatic nitrogens is 4. The molecular weight excluding hydrogens is 294 g/mol. The summed E-state index contributed by atoms with van der Waals surface area (Å²) in [5.74, 6) is 0.781. The zero-order valence-corrected chi connectivity index (χ0v) is 11.2. The summed E-state index contributed by atoms with van der Waals surface area (Å²) in [5.41, 5.74) is 1.76. The van der Waals surface area contributed by atoms with Crippen molar-refractivity contribution in [1.82, 2.24) is 19.7 Å². The summed E-state index contributed by atoms with van der Waals surface area (Å²) in [5, 5.41) is 8.30. The largest absolute Gasteiger partial charge is 0.372 e. The number of nitrogens with zero attached hydrogens (tertiary/aromatic N) is 4. The van der Waals surface area contributed by atoms with E-state index in [4.69, 9.17) is 0 Å². The van der Waals surface area contributed by atoms with Crippen molar-refractivity contribution in [3.8, 4) is 5.69 Å². The van der Waals surface area contributed by atoms with Crippen molar-refractivity contribution in [2.75, 3.05) is 12.4 Å². The average molecular weight is 304 g/mol. The van der Waals surface area contributed by atoms with Gasteiger partial charge in [0.25, 0.3) is 0 Å². The molecule has 0 saturated carbocycles. The Hall–Kier alpha value is -1.95. The van der Waals surface area contributed by atoms with Crippen molar-refractivity contribution >= 4 is 32.8 Å². The minimum atomic E-state index is 0.781. The first-order chi connectivity index (χ1) is 8.79. The maximum absolute atomic E-state index is 4.36. The van der Waals surface area contributed by atoms with E-state index in [1.807, 2.05) is 31.3 Å². The maximum Gasteiger partial charge on any atom is 0.168 e. The fourth-order valence-electron chi connectivity index (χ4n) is 1.81. The van der Waals surface area contributed by atoms with E-state index in [9.17, 15) is 0 Å². The van der Waals surface area contributed by atoms with Crippen molar-refractivity contribution in [2.45, 2.75) is 0 Å². The van der Waals surface area contributed by atoms with E-state index in [2.05, 4.69) is 36.3 Å². The van der Waals surface area contributed by atoms with Crippen LogP contribution in [-0.4, -0.2) is 26.8 Å². The van der Waals surface area contributed by atoms with Crippen molar-refractivity contribution < 1.29 is 0 Å². The lowest BCUT2D eigenvalue weighted by molar-refractivity contribution is 0.895. The Bertz CT molecular complexity index is 689. The van der Waals surface area contributed by atoms with Crippen LogP contribution in [0.3, 0.4) is 0 Å². The molecule has 5 nitrogen and oxygen atoms in total. The Morgan fingerprint density at radius 1 is 1.17 bits per heavy atom. The van der Waals surface area contributed by atoms with Gasteiger partial charge < -0.3 is 5.32 Å². The first kappa shape index (κ1) is 11.2. The van der Waals surface area contributed by atoms with Crippen LogP contribution < -0.4 is 5.32 Å². The molecule has 18 heavy (non-hydrogen) atoms. The van der Waals surface area contributed by atoms with Gasteiger partial charge in [-0.1, -0.05) is 15.9 Å². The number of hydrogen-bond acceptors (Lipinski definition) is 4. The predicted molar refractivity (Wildman–Crippen MR) is 73.9 cm³/mol. The van der Waals surface area contributed by atoms with Gasteiger partial charge in [0.05, 0.1) is 17.3 Å². The smallest absolute Gasteiger partial charge is 0.168 e. The Labute approximate surface area is 112 Å². The normalized spacial score (nSPS) is 10.8. The van der Waals surface area contributed by atoms with Crippen LogP contribution in [0.4, 0.5) is 5.82 Å². The maximum atomic E-state index is 4.36. The first-order valence-electron chi connectivity index (χ1n) is 5.42. The van der Waals surface area contributed by atoms with E-state index in [1.54, 1.807) is 10.9 Å². The lowest BCUT2D eigenvalue weighted by atomic mass is 10.3. The highest BCUT2D eigenvalue weighted by Crippen LogP contribution is 2.21. The molecule has 0 aliphatic heterocycles. The number of hydrogen-bond donors (Lipinski definition) is 1. The van der Waals surface area contributed by atoms with E-state index in [-0.39, 0.29) is 0 Å². The summed E-state index contributed by atoms with van der Waals surface area (Å²) >= 11 is 3.42. The third kappa shape index (κ3) is 1.74. The topological polar surface area (TPSA) is 55.6 Å². The second kappa shape index (κ2) is 4.38. The summed E-state index contributed by atoms with van der Waals surface area (Å²) in [6.45, 7) is 0. The molecule has 3 aromatic rings. The quantitative estimate of drug-likeness (QED) is 0.791. The second-order valence-corrected chi connectivity index (χ2v) is 4.66. The molecule has 1 N–H and O–H groups in total. The van der Waals surface area contributed by atoms with Gasteiger partial charge in [0, 0.05) is 11.5 Å². The summed E-state index contributed by atoms with van der Waals surface area (Å²) in [4.78, 5) is 8.45. The summed E-state index contributed by atoms with van der Waals surface area (Å²) in [7, 11) is 1.83. The van der Waals surface area contributed by atoms with E-state index < -0.39 is 0 Å². The molecule has 0 amide bonds. The van der Waals surface area contributed by atoms with Crippen LogP contribution >= 0.6 is 15.9 Å². The molecule has 0 atom stereocenters. The molecule has 0 spiro atoms. The molecule has 90 valence electrons. The van der Waals surface area contributed by atoms with Gasteiger partial charge in [0.1, 0.15) is 12.1 Å². The molecule has 2 aromatic heterocycles. The van der Waals surface area contributed by atoms with Gasteiger partial charge in [-0.15, -0.1) is 0 Å². The number of halogens is 1. The SMILES string of the molecule is CNc1ncnc2c1cnn2-c1ccc(Br)cc1. The number of benzene rings is 1. The molecule has 0 aliphatic carbocycles. The zero-order valence-electron chi connectivity index (χ0n) is 9.63. The van der Waals surface area contributed by atoms with Crippen molar-refractivity contribution in [2.24, 2.45) is 0 Å². The highest BCUT2D eigenvalue weighted by molar-refractivity contribution is 9.10. The fraction of sp³-hybridized carbons (Fsp3) is 0.0833. The van der Waals surface area contributed by atoms with Crippen LogP contribution in [0.1, 0.15) is 0 Å². The lowest BCUT2D eigenvalue weighted by Gasteiger charge is -2.03. The van der Waals surface area contributed by atoms with Gasteiger partial charge in [0.15, 0.2) is 5.65 Å². The third-order valence-electron chi connectivity index (χ3n) is 2.67. The Morgan fingerprint density at radius 2 is 1.94 bits per heavy atom. The van der Waals surface area contributed by atoms with Gasteiger partial charge in [-0.3, -0.25) is 0 Å². The van der Waals surface area contributed by atoms with Gasteiger partial charge in [-0.2, -0.15) is 5.10 Å². The number of rotatable bonds is 2. The fourth-order valence-corrected chi connectivity index (χ4v) is 2.08. The molecule has 0 saturated heterocycles. The van der Waals surface area contributed by atoms with Gasteiger partial charge in [-0.05, 0) is 24.3 Å². The first-order valence-corrected chi connectivity index (χ1v) is 6.21. The molecule has 0 bridgehead atoms. The Morgan fingerprint density at radius 3 is 2.67 bits per heavy atom. The zero-order chi connectivity index (χ0) is 12.5. The molecular formula is C12H10BrN5. The van der Waals surface area contributed by atoms with Crippen LogP contribution in [0.15, 0.2) is 41.3 Å². The van der Waals surface area contributed by atoms with Gasteiger partial charge in [0.2, 0.25) is 0 Å². The van der Waals surface area contributed by atoms with Crippen LogP contribution in [-0.2, 0) is 0 Å². The van der Waals surface area contributed by atoms with Crippen molar-refractivity contribution in [3.05, 3.63) is 41.3 Å². The third-order valence-corrected chi connectivity index (χ3v) is 3.20. The molecule has 6 heteroatoms.